The lowest BCUT2D eigenvalue weighted by atomic mass is 10.1. The van der Waals surface area contributed by atoms with Crippen molar-refractivity contribution in [1.29, 1.82) is 0 Å². The van der Waals surface area contributed by atoms with E-state index < -0.39 is 6.03 Å². The van der Waals surface area contributed by atoms with Gasteiger partial charge in [-0.2, -0.15) is 0 Å². The summed E-state index contributed by atoms with van der Waals surface area (Å²) < 4.78 is 0. The summed E-state index contributed by atoms with van der Waals surface area (Å²) >= 11 is 0. The standard InChI is InChI=1S/C14H18N6O2/c1-8-5-18-13(21)12(10(8)3-4-15)20-14(22)19-11-7-16-9(2)6-17-11/h5-7H,3-4,15H2,1-2H3,(H,18,21)(H2,17,19,20,22). The Bertz CT molecular complexity index is 723. The monoisotopic (exact) mass is 302 g/mol. The summed E-state index contributed by atoms with van der Waals surface area (Å²) in [5.41, 5.74) is 7.70. The van der Waals surface area contributed by atoms with Crippen molar-refractivity contribution in [2.24, 2.45) is 5.73 Å². The van der Waals surface area contributed by atoms with Gasteiger partial charge in [0.25, 0.3) is 5.56 Å². The van der Waals surface area contributed by atoms with Gasteiger partial charge < -0.3 is 16.0 Å². The molecule has 0 aliphatic carbocycles. The van der Waals surface area contributed by atoms with Crippen LogP contribution in [0.15, 0.2) is 23.4 Å². The normalized spacial score (nSPS) is 10.3. The van der Waals surface area contributed by atoms with Gasteiger partial charge in [0, 0.05) is 6.20 Å². The number of pyridine rings is 1. The third-order valence-electron chi connectivity index (χ3n) is 3.08. The highest BCUT2D eigenvalue weighted by atomic mass is 16.2. The number of hydrogen-bond donors (Lipinski definition) is 4. The number of carbonyl (C=O) groups is 1. The molecule has 2 heterocycles. The van der Waals surface area contributed by atoms with Gasteiger partial charge in [-0.05, 0) is 37.9 Å². The largest absolute Gasteiger partial charge is 0.330 e. The van der Waals surface area contributed by atoms with Crippen molar-refractivity contribution in [2.45, 2.75) is 20.3 Å². The van der Waals surface area contributed by atoms with Crippen LogP contribution in [-0.2, 0) is 6.42 Å². The van der Waals surface area contributed by atoms with Gasteiger partial charge >= 0.3 is 6.03 Å². The van der Waals surface area contributed by atoms with Crippen molar-refractivity contribution in [3.05, 3.63) is 45.8 Å². The highest BCUT2D eigenvalue weighted by Gasteiger charge is 2.13. The minimum absolute atomic E-state index is 0.197. The molecule has 5 N–H and O–H groups in total. The number of carbonyl (C=O) groups excluding carboxylic acids is 1. The molecular formula is C14H18N6O2. The number of aromatic nitrogens is 3. The molecule has 8 nitrogen and oxygen atoms in total. The first-order valence-corrected chi connectivity index (χ1v) is 6.79. The number of anilines is 2. The highest BCUT2D eigenvalue weighted by Crippen LogP contribution is 2.15. The van der Waals surface area contributed by atoms with Crippen LogP contribution in [0.5, 0.6) is 0 Å². The third-order valence-corrected chi connectivity index (χ3v) is 3.08. The van der Waals surface area contributed by atoms with E-state index in [1.165, 1.54) is 12.4 Å². The Hall–Kier alpha value is -2.74. The molecule has 116 valence electrons. The van der Waals surface area contributed by atoms with Gasteiger partial charge in [0.2, 0.25) is 0 Å². The van der Waals surface area contributed by atoms with Gasteiger partial charge in [-0.25, -0.2) is 9.78 Å². The number of nitrogens with zero attached hydrogens (tertiary/aromatic N) is 2. The van der Waals surface area contributed by atoms with E-state index in [9.17, 15) is 9.59 Å². The van der Waals surface area contributed by atoms with E-state index in [0.717, 1.165) is 16.8 Å². The SMILES string of the molecule is Cc1cnc(NC(=O)Nc2c(CCN)c(C)c[nH]c2=O)cn1. The van der Waals surface area contributed by atoms with Crippen LogP contribution in [0.25, 0.3) is 0 Å². The van der Waals surface area contributed by atoms with Gasteiger partial charge in [-0.15, -0.1) is 0 Å². The molecular weight excluding hydrogens is 284 g/mol. The number of urea groups is 1. The molecule has 0 aliphatic heterocycles. The average Bonchev–Trinajstić information content (AvgIpc) is 2.49. The van der Waals surface area contributed by atoms with Crippen LogP contribution in [0.3, 0.4) is 0 Å². The Morgan fingerprint density at radius 3 is 2.68 bits per heavy atom. The summed E-state index contributed by atoms with van der Waals surface area (Å²) in [4.78, 5) is 34.6. The first-order valence-electron chi connectivity index (χ1n) is 6.79. The van der Waals surface area contributed by atoms with Crippen molar-refractivity contribution in [3.63, 3.8) is 0 Å². The fourth-order valence-corrected chi connectivity index (χ4v) is 1.98. The molecule has 2 amide bonds. The molecule has 2 aromatic rings. The Kier molecular flexibility index (Phi) is 4.84. The van der Waals surface area contributed by atoms with Gasteiger partial charge in [0.1, 0.15) is 5.69 Å². The Morgan fingerprint density at radius 2 is 2.05 bits per heavy atom. The molecule has 0 aromatic carbocycles. The fourth-order valence-electron chi connectivity index (χ4n) is 1.98. The van der Waals surface area contributed by atoms with Crippen molar-refractivity contribution in [1.82, 2.24) is 15.0 Å². The molecule has 0 spiro atoms. The van der Waals surface area contributed by atoms with E-state index in [2.05, 4.69) is 25.6 Å². The van der Waals surface area contributed by atoms with Crippen LogP contribution in [0.4, 0.5) is 16.3 Å². The van der Waals surface area contributed by atoms with E-state index in [-0.39, 0.29) is 11.2 Å². The number of aromatic amines is 1. The summed E-state index contributed by atoms with van der Waals surface area (Å²) in [5.74, 6) is 0.299. The maximum Gasteiger partial charge on any atom is 0.325 e. The highest BCUT2D eigenvalue weighted by molar-refractivity contribution is 5.99. The first-order chi connectivity index (χ1) is 10.5. The minimum Gasteiger partial charge on any atom is -0.330 e. The number of nitrogens with two attached hydrogens (primary N) is 1. The van der Waals surface area contributed by atoms with Gasteiger partial charge in [0.05, 0.1) is 18.1 Å². The maximum absolute atomic E-state index is 12.0. The van der Waals surface area contributed by atoms with Crippen LogP contribution in [0.2, 0.25) is 0 Å². The number of nitrogens with one attached hydrogen (secondary N) is 3. The van der Waals surface area contributed by atoms with Crippen LogP contribution in [-0.4, -0.2) is 27.5 Å². The molecule has 0 bridgehead atoms. The Balaban J connectivity index is 2.19. The van der Waals surface area contributed by atoms with E-state index in [0.29, 0.717) is 18.8 Å². The second-order valence-electron chi connectivity index (χ2n) is 4.82. The van der Waals surface area contributed by atoms with Crippen LogP contribution in [0.1, 0.15) is 16.8 Å². The van der Waals surface area contributed by atoms with Crippen LogP contribution < -0.4 is 21.9 Å². The zero-order chi connectivity index (χ0) is 16.1. The lowest BCUT2D eigenvalue weighted by Crippen LogP contribution is -2.27. The number of H-pyrrole nitrogens is 1. The molecule has 22 heavy (non-hydrogen) atoms. The summed E-state index contributed by atoms with van der Waals surface area (Å²) in [6.45, 7) is 4.02. The second kappa shape index (κ2) is 6.81. The second-order valence-corrected chi connectivity index (χ2v) is 4.82. The van der Waals surface area contributed by atoms with Gasteiger partial charge in [-0.3, -0.25) is 15.1 Å². The lowest BCUT2D eigenvalue weighted by Gasteiger charge is -2.12. The predicted octanol–water partition coefficient (Wildman–Crippen LogP) is 0.927. The summed E-state index contributed by atoms with van der Waals surface area (Å²) in [5, 5.41) is 5.08. The first kappa shape index (κ1) is 15.6. The van der Waals surface area contributed by atoms with Crippen molar-refractivity contribution < 1.29 is 4.79 Å². The van der Waals surface area contributed by atoms with Crippen LogP contribution in [0, 0.1) is 13.8 Å². The Morgan fingerprint density at radius 1 is 1.27 bits per heavy atom. The molecule has 0 radical (unpaired) electrons. The predicted molar refractivity (Wildman–Crippen MR) is 84.0 cm³/mol. The maximum atomic E-state index is 12.0. The molecule has 8 heteroatoms. The molecule has 2 rings (SSSR count). The fraction of sp³-hybridized carbons (Fsp3) is 0.286. The quantitative estimate of drug-likeness (QED) is 0.668. The zero-order valence-electron chi connectivity index (χ0n) is 12.4. The van der Waals surface area contributed by atoms with Crippen LogP contribution >= 0.6 is 0 Å². The van der Waals surface area contributed by atoms with E-state index in [1.54, 1.807) is 13.1 Å². The Labute approximate surface area is 127 Å². The number of amides is 2. The molecule has 0 fully saturated rings. The molecule has 0 atom stereocenters. The molecule has 0 unspecified atom stereocenters. The molecule has 0 saturated heterocycles. The topological polar surface area (TPSA) is 126 Å². The molecule has 0 aliphatic rings. The molecule has 2 aromatic heterocycles. The number of rotatable bonds is 4. The summed E-state index contributed by atoms with van der Waals surface area (Å²) in [6.07, 6.45) is 5.07. The lowest BCUT2D eigenvalue weighted by molar-refractivity contribution is 0.262. The number of aryl methyl sites for hydroxylation is 2. The van der Waals surface area contributed by atoms with E-state index in [1.807, 2.05) is 6.92 Å². The van der Waals surface area contributed by atoms with Crippen molar-refractivity contribution >= 4 is 17.5 Å². The van der Waals surface area contributed by atoms with E-state index in [4.69, 9.17) is 5.73 Å². The number of hydrogen-bond acceptors (Lipinski definition) is 5. The average molecular weight is 302 g/mol. The smallest absolute Gasteiger partial charge is 0.325 e. The summed E-state index contributed by atoms with van der Waals surface area (Å²) in [7, 11) is 0. The van der Waals surface area contributed by atoms with Crippen molar-refractivity contribution in [2.75, 3.05) is 17.2 Å². The van der Waals surface area contributed by atoms with Crippen molar-refractivity contribution in [3.8, 4) is 0 Å². The van der Waals surface area contributed by atoms with E-state index >= 15 is 0 Å². The minimum atomic E-state index is -0.562. The van der Waals surface area contributed by atoms with Gasteiger partial charge in [0.15, 0.2) is 5.82 Å². The summed E-state index contributed by atoms with van der Waals surface area (Å²) in [6, 6.07) is -0.562. The molecule has 0 saturated carbocycles. The zero-order valence-corrected chi connectivity index (χ0v) is 12.4. The third kappa shape index (κ3) is 3.67. The van der Waals surface area contributed by atoms with Gasteiger partial charge in [-0.1, -0.05) is 0 Å².